The molecule has 3 saturated heterocycles. The van der Waals surface area contributed by atoms with E-state index >= 15 is 0 Å². The summed E-state index contributed by atoms with van der Waals surface area (Å²) in [6.45, 7) is 3.75. The molecule has 33 heavy (non-hydrogen) atoms. The number of imide groups is 1. The van der Waals surface area contributed by atoms with Crippen LogP contribution in [0.4, 0.5) is 4.79 Å². The molecule has 3 fully saturated rings. The second-order valence-corrected chi connectivity index (χ2v) is 9.24. The number of ether oxygens (including phenoxy) is 1. The van der Waals surface area contributed by atoms with Crippen molar-refractivity contribution in [3.05, 3.63) is 29.8 Å². The average molecular weight is 457 g/mol. The van der Waals surface area contributed by atoms with Crippen molar-refractivity contribution >= 4 is 23.8 Å². The van der Waals surface area contributed by atoms with E-state index in [0.717, 1.165) is 50.1 Å². The summed E-state index contributed by atoms with van der Waals surface area (Å²) in [5.41, 5.74) is -0.639. The average Bonchev–Trinajstić information content (AvgIpc) is 3.08. The number of urea groups is 1. The van der Waals surface area contributed by atoms with Gasteiger partial charge in [-0.05, 0) is 56.7 Å². The highest BCUT2D eigenvalue weighted by atomic mass is 16.5. The summed E-state index contributed by atoms with van der Waals surface area (Å²) in [7, 11) is 1.55. The quantitative estimate of drug-likeness (QED) is 0.680. The zero-order valence-electron chi connectivity index (χ0n) is 19.3. The molecular formula is C24H32N4O5. The first-order valence-corrected chi connectivity index (χ1v) is 11.7. The number of methoxy groups -OCH3 is 1. The molecule has 3 heterocycles. The number of hydrogen-bond acceptors (Lipinski definition) is 5. The standard InChI is InChI=1S/C24H32N4O5/c1-24(18-8-10-19(33-2)11-9-18)22(31)28(23(32)25-24)16-20(29)27-14-6-7-17(15-27)21(30)26-12-4-3-5-13-26/h8-11,17H,3-7,12-16H2,1-2H3,(H,25,32)/t17-,24-/m1/s1. The lowest BCUT2D eigenvalue weighted by molar-refractivity contribution is -0.144. The maximum absolute atomic E-state index is 13.2. The normalized spacial score (nSPS) is 25.8. The minimum atomic E-state index is -1.25. The number of hydrogen-bond donors (Lipinski definition) is 1. The van der Waals surface area contributed by atoms with Crippen LogP contribution >= 0.6 is 0 Å². The lowest BCUT2D eigenvalue weighted by atomic mass is 9.92. The molecule has 1 N–H and O–H groups in total. The van der Waals surface area contributed by atoms with Crippen molar-refractivity contribution in [1.82, 2.24) is 20.0 Å². The van der Waals surface area contributed by atoms with Gasteiger partial charge in [-0.15, -0.1) is 0 Å². The van der Waals surface area contributed by atoms with Gasteiger partial charge in [0.05, 0.1) is 13.0 Å². The molecule has 0 aromatic heterocycles. The van der Waals surface area contributed by atoms with E-state index in [4.69, 9.17) is 4.74 Å². The number of benzene rings is 1. The van der Waals surface area contributed by atoms with E-state index < -0.39 is 17.5 Å². The van der Waals surface area contributed by atoms with Crippen LogP contribution in [0, 0.1) is 5.92 Å². The molecule has 4 rings (SSSR count). The lowest BCUT2D eigenvalue weighted by Gasteiger charge is -2.36. The summed E-state index contributed by atoms with van der Waals surface area (Å²) in [6, 6.07) is 6.31. The Labute approximate surface area is 194 Å². The number of carbonyl (C=O) groups is 4. The van der Waals surface area contributed by atoms with E-state index in [0.29, 0.717) is 24.4 Å². The van der Waals surface area contributed by atoms with E-state index in [-0.39, 0.29) is 24.3 Å². The molecule has 0 saturated carbocycles. The van der Waals surface area contributed by atoms with Gasteiger partial charge >= 0.3 is 6.03 Å². The number of rotatable bonds is 5. The number of likely N-dealkylation sites (tertiary alicyclic amines) is 2. The van der Waals surface area contributed by atoms with Gasteiger partial charge in [-0.2, -0.15) is 0 Å². The molecular weight excluding hydrogens is 424 g/mol. The van der Waals surface area contributed by atoms with Crippen LogP contribution in [0.15, 0.2) is 24.3 Å². The first-order valence-electron chi connectivity index (χ1n) is 11.7. The molecule has 3 aliphatic heterocycles. The van der Waals surface area contributed by atoms with Crippen LogP contribution in [0.3, 0.4) is 0 Å². The predicted molar refractivity (Wildman–Crippen MR) is 120 cm³/mol. The van der Waals surface area contributed by atoms with Crippen LogP contribution in [0.25, 0.3) is 0 Å². The van der Waals surface area contributed by atoms with Gasteiger partial charge in [0.2, 0.25) is 11.8 Å². The summed E-state index contributed by atoms with van der Waals surface area (Å²) < 4.78 is 5.16. The molecule has 1 aromatic carbocycles. The summed E-state index contributed by atoms with van der Waals surface area (Å²) in [6.07, 6.45) is 4.71. The fourth-order valence-corrected chi connectivity index (χ4v) is 4.97. The first kappa shape index (κ1) is 23.1. The van der Waals surface area contributed by atoms with Crippen LogP contribution in [-0.2, 0) is 19.9 Å². The fraction of sp³-hybridized carbons (Fsp3) is 0.583. The van der Waals surface area contributed by atoms with Crippen LogP contribution < -0.4 is 10.1 Å². The van der Waals surface area contributed by atoms with Crippen molar-refractivity contribution in [2.75, 3.05) is 39.8 Å². The molecule has 178 valence electrons. The zero-order chi connectivity index (χ0) is 23.6. The Morgan fingerprint density at radius 1 is 1.03 bits per heavy atom. The van der Waals surface area contributed by atoms with Gasteiger partial charge in [0.15, 0.2) is 0 Å². The number of nitrogens with one attached hydrogen (secondary N) is 1. The third kappa shape index (κ3) is 4.54. The van der Waals surface area contributed by atoms with Crippen molar-refractivity contribution < 1.29 is 23.9 Å². The summed E-state index contributed by atoms with van der Waals surface area (Å²) >= 11 is 0. The van der Waals surface area contributed by atoms with E-state index in [1.165, 1.54) is 0 Å². The Bertz CT molecular complexity index is 927. The van der Waals surface area contributed by atoms with E-state index in [1.54, 1.807) is 43.2 Å². The monoisotopic (exact) mass is 456 g/mol. The zero-order valence-corrected chi connectivity index (χ0v) is 19.3. The van der Waals surface area contributed by atoms with Gasteiger partial charge in [-0.25, -0.2) is 4.79 Å². The highest BCUT2D eigenvalue weighted by Crippen LogP contribution is 2.30. The van der Waals surface area contributed by atoms with Crippen LogP contribution in [0.5, 0.6) is 5.75 Å². The Balaban J connectivity index is 1.40. The van der Waals surface area contributed by atoms with Crippen LogP contribution in [0.2, 0.25) is 0 Å². The lowest BCUT2D eigenvalue weighted by Crippen LogP contribution is -2.50. The minimum absolute atomic E-state index is 0.120. The summed E-state index contributed by atoms with van der Waals surface area (Å²) in [5.74, 6) is -0.231. The van der Waals surface area contributed by atoms with E-state index in [1.807, 2.05) is 4.90 Å². The highest BCUT2D eigenvalue weighted by Gasteiger charge is 2.50. The van der Waals surface area contributed by atoms with Gasteiger partial charge < -0.3 is 19.9 Å². The van der Waals surface area contributed by atoms with Gasteiger partial charge in [-0.3, -0.25) is 19.3 Å². The van der Waals surface area contributed by atoms with Crippen molar-refractivity contribution in [1.29, 1.82) is 0 Å². The Morgan fingerprint density at radius 3 is 2.36 bits per heavy atom. The SMILES string of the molecule is COc1ccc([C@@]2(C)NC(=O)N(CC(=O)N3CCC[C@@H](C(=O)N4CCCCC4)C3)C2=O)cc1. The largest absolute Gasteiger partial charge is 0.497 e. The number of piperidine rings is 2. The molecule has 0 aliphatic carbocycles. The van der Waals surface area contributed by atoms with Crippen LogP contribution in [0.1, 0.15) is 44.6 Å². The Hall–Kier alpha value is -3.10. The number of amides is 5. The molecule has 0 spiro atoms. The number of nitrogens with zero attached hydrogens (tertiary/aromatic N) is 3. The second kappa shape index (κ2) is 9.41. The maximum atomic E-state index is 13.2. The summed E-state index contributed by atoms with van der Waals surface area (Å²) in [5, 5.41) is 2.73. The van der Waals surface area contributed by atoms with Crippen molar-refractivity contribution in [3.63, 3.8) is 0 Å². The van der Waals surface area contributed by atoms with Crippen LogP contribution in [-0.4, -0.2) is 78.3 Å². The smallest absolute Gasteiger partial charge is 0.325 e. The molecule has 9 heteroatoms. The fourth-order valence-electron chi connectivity index (χ4n) is 4.97. The highest BCUT2D eigenvalue weighted by molar-refractivity contribution is 6.09. The van der Waals surface area contributed by atoms with Gasteiger partial charge in [0, 0.05) is 26.2 Å². The van der Waals surface area contributed by atoms with E-state index in [9.17, 15) is 19.2 Å². The molecule has 1 aromatic rings. The first-order chi connectivity index (χ1) is 15.8. The molecule has 2 atom stereocenters. The molecule has 3 aliphatic rings. The molecule has 9 nitrogen and oxygen atoms in total. The topological polar surface area (TPSA) is 99.3 Å². The second-order valence-electron chi connectivity index (χ2n) is 9.24. The van der Waals surface area contributed by atoms with Gasteiger partial charge in [-0.1, -0.05) is 12.1 Å². The third-order valence-corrected chi connectivity index (χ3v) is 7.03. The third-order valence-electron chi connectivity index (χ3n) is 7.03. The van der Waals surface area contributed by atoms with Crippen molar-refractivity contribution in [2.24, 2.45) is 5.92 Å². The molecule has 0 unspecified atom stereocenters. The minimum Gasteiger partial charge on any atom is -0.497 e. The summed E-state index contributed by atoms with van der Waals surface area (Å²) in [4.78, 5) is 56.3. The molecule has 0 radical (unpaired) electrons. The predicted octanol–water partition coefficient (Wildman–Crippen LogP) is 1.71. The Kier molecular flexibility index (Phi) is 6.58. The van der Waals surface area contributed by atoms with Crippen molar-refractivity contribution in [3.8, 4) is 5.75 Å². The van der Waals surface area contributed by atoms with E-state index in [2.05, 4.69) is 5.32 Å². The number of carbonyl (C=O) groups excluding carboxylic acids is 4. The maximum Gasteiger partial charge on any atom is 0.325 e. The van der Waals surface area contributed by atoms with Gasteiger partial charge in [0.1, 0.15) is 17.8 Å². The molecule has 0 bridgehead atoms. The van der Waals surface area contributed by atoms with Crippen molar-refractivity contribution in [2.45, 2.75) is 44.6 Å². The van der Waals surface area contributed by atoms with Gasteiger partial charge in [0.25, 0.3) is 5.91 Å². The Morgan fingerprint density at radius 2 is 1.70 bits per heavy atom. The molecule has 5 amide bonds.